The van der Waals surface area contributed by atoms with E-state index in [-0.39, 0.29) is 24.4 Å². The number of carbonyl (C=O) groups is 3. The molecule has 1 aliphatic heterocycles. The number of carbonyl (C=O) groups excluding carboxylic acids is 2. The van der Waals surface area contributed by atoms with E-state index < -0.39 is 5.97 Å². The molecule has 20 heavy (non-hydrogen) atoms. The number of hydrogen-bond acceptors (Lipinski definition) is 4. The van der Waals surface area contributed by atoms with E-state index in [1.54, 1.807) is 0 Å². The van der Waals surface area contributed by atoms with Crippen molar-refractivity contribution in [2.45, 2.75) is 32.2 Å². The second-order valence-corrected chi connectivity index (χ2v) is 5.81. The lowest BCUT2D eigenvalue weighted by atomic mass is 10.1. The average Bonchev–Trinajstić information content (AvgIpc) is 2.61. The first-order valence-electron chi connectivity index (χ1n) is 6.71. The normalized spacial score (nSPS) is 19.3. The van der Waals surface area contributed by atoms with Crippen molar-refractivity contribution < 1.29 is 19.5 Å². The number of rotatable bonds is 5. The van der Waals surface area contributed by atoms with Gasteiger partial charge in [0.15, 0.2) is 0 Å². The van der Waals surface area contributed by atoms with Gasteiger partial charge in [0, 0.05) is 26.1 Å². The lowest BCUT2D eigenvalue weighted by Crippen LogP contribution is -2.43. The third kappa shape index (κ3) is 5.03. The summed E-state index contributed by atoms with van der Waals surface area (Å²) in [5.74, 6) is -0.636. The van der Waals surface area contributed by atoms with Gasteiger partial charge in [0.25, 0.3) is 0 Å². The highest BCUT2D eigenvalue weighted by atomic mass is 32.2. The van der Waals surface area contributed by atoms with Gasteiger partial charge in [-0.25, -0.2) is 0 Å². The second kappa shape index (κ2) is 8.14. The lowest BCUT2D eigenvalue weighted by Gasteiger charge is -2.28. The van der Waals surface area contributed by atoms with Crippen molar-refractivity contribution in [3.05, 3.63) is 0 Å². The van der Waals surface area contributed by atoms with E-state index in [9.17, 15) is 14.4 Å². The molecule has 1 aliphatic rings. The molecular weight excluding hydrogens is 280 g/mol. The van der Waals surface area contributed by atoms with Crippen molar-refractivity contribution in [1.29, 1.82) is 0 Å². The van der Waals surface area contributed by atoms with Gasteiger partial charge >= 0.3 is 5.97 Å². The van der Waals surface area contributed by atoms with Crippen LogP contribution < -0.4 is 0 Å². The summed E-state index contributed by atoms with van der Waals surface area (Å²) in [5, 5.41) is 8.88. The largest absolute Gasteiger partial charge is 0.480 e. The number of thioether (sulfide) groups is 1. The molecule has 1 rings (SSSR count). The molecule has 7 heteroatoms. The molecule has 0 aromatic heterocycles. The van der Waals surface area contributed by atoms with E-state index in [0.717, 1.165) is 12.8 Å². The third-order valence-electron chi connectivity index (χ3n) is 3.47. The molecule has 0 aromatic carbocycles. The maximum Gasteiger partial charge on any atom is 0.323 e. The Kier molecular flexibility index (Phi) is 6.84. The highest BCUT2D eigenvalue weighted by molar-refractivity contribution is 7.99. The van der Waals surface area contributed by atoms with E-state index in [4.69, 9.17) is 5.11 Å². The Balaban J connectivity index is 2.63. The van der Waals surface area contributed by atoms with Gasteiger partial charge in [0.1, 0.15) is 6.54 Å². The fourth-order valence-electron chi connectivity index (χ4n) is 2.50. The third-order valence-corrected chi connectivity index (χ3v) is 4.00. The molecule has 2 amide bonds. The molecule has 0 radical (unpaired) electrons. The molecule has 0 bridgehead atoms. The van der Waals surface area contributed by atoms with Crippen LogP contribution in [0.15, 0.2) is 0 Å². The second-order valence-electron chi connectivity index (χ2n) is 4.94. The topological polar surface area (TPSA) is 77.9 Å². The molecule has 1 unspecified atom stereocenters. The monoisotopic (exact) mass is 302 g/mol. The van der Waals surface area contributed by atoms with Gasteiger partial charge in [-0.1, -0.05) is 0 Å². The first kappa shape index (κ1) is 16.8. The number of amides is 2. The van der Waals surface area contributed by atoms with Gasteiger partial charge in [-0.05, 0) is 25.5 Å². The Morgan fingerprint density at radius 1 is 1.30 bits per heavy atom. The van der Waals surface area contributed by atoms with Crippen LogP contribution in [0, 0.1) is 0 Å². The molecule has 1 heterocycles. The zero-order chi connectivity index (χ0) is 15.1. The number of carboxylic acids is 1. The van der Waals surface area contributed by atoms with Crippen molar-refractivity contribution in [3.63, 3.8) is 0 Å². The smallest absolute Gasteiger partial charge is 0.323 e. The quantitative estimate of drug-likeness (QED) is 0.807. The number of aliphatic carboxylic acids is 1. The number of hydrogen-bond donors (Lipinski definition) is 1. The summed E-state index contributed by atoms with van der Waals surface area (Å²) in [7, 11) is 0. The summed E-state index contributed by atoms with van der Waals surface area (Å²) in [6.45, 7) is 2.41. The Bertz CT molecular complexity index is 375. The summed E-state index contributed by atoms with van der Waals surface area (Å²) >= 11 is 1.50. The first-order valence-corrected chi connectivity index (χ1v) is 8.10. The maximum atomic E-state index is 11.9. The summed E-state index contributed by atoms with van der Waals surface area (Å²) in [4.78, 5) is 37.5. The highest BCUT2D eigenvalue weighted by Gasteiger charge is 2.27. The highest BCUT2D eigenvalue weighted by Crippen LogP contribution is 2.18. The van der Waals surface area contributed by atoms with E-state index >= 15 is 0 Å². The zero-order valence-corrected chi connectivity index (χ0v) is 12.8. The number of carboxylic acid groups (broad SMARTS) is 1. The van der Waals surface area contributed by atoms with E-state index in [1.165, 1.54) is 23.6 Å². The predicted octanol–water partition coefficient (Wildman–Crippen LogP) is 0.664. The van der Waals surface area contributed by atoms with E-state index in [2.05, 4.69) is 0 Å². The van der Waals surface area contributed by atoms with Gasteiger partial charge < -0.3 is 14.9 Å². The molecule has 0 spiro atoms. The predicted molar refractivity (Wildman–Crippen MR) is 77.6 cm³/mol. The van der Waals surface area contributed by atoms with Crippen molar-refractivity contribution in [1.82, 2.24) is 9.80 Å². The fraction of sp³-hybridized carbons (Fsp3) is 0.769. The molecule has 0 aliphatic carbocycles. The van der Waals surface area contributed by atoms with Gasteiger partial charge in [-0.15, -0.1) is 0 Å². The Morgan fingerprint density at radius 2 is 2.00 bits per heavy atom. The van der Waals surface area contributed by atoms with Crippen LogP contribution in [-0.4, -0.2) is 70.4 Å². The summed E-state index contributed by atoms with van der Waals surface area (Å²) in [6.07, 6.45) is 4.08. The van der Waals surface area contributed by atoms with Crippen LogP contribution in [0.1, 0.15) is 26.2 Å². The molecular formula is C13H22N2O4S. The minimum atomic E-state index is -1.00. The van der Waals surface area contributed by atoms with Crippen LogP contribution in [0.2, 0.25) is 0 Å². The molecule has 0 aromatic rings. The fourth-order valence-corrected chi connectivity index (χ4v) is 2.93. The standard InChI is InChI=1S/C13H22N2O4S/c1-10(16)15(8-13(18)19)11-4-3-6-14(7-5-11)12(17)9-20-2/h11H,3-9H2,1-2H3,(H,18,19). The summed E-state index contributed by atoms with van der Waals surface area (Å²) in [5.41, 5.74) is 0. The lowest BCUT2D eigenvalue weighted by molar-refractivity contribution is -0.145. The van der Waals surface area contributed by atoms with Crippen LogP contribution in [-0.2, 0) is 14.4 Å². The van der Waals surface area contributed by atoms with Crippen molar-refractivity contribution in [3.8, 4) is 0 Å². The summed E-state index contributed by atoms with van der Waals surface area (Å²) in [6, 6.07) is -0.0873. The average molecular weight is 302 g/mol. The van der Waals surface area contributed by atoms with Gasteiger partial charge in [-0.2, -0.15) is 11.8 Å². The molecule has 6 nitrogen and oxygen atoms in total. The first-order chi connectivity index (χ1) is 9.45. The van der Waals surface area contributed by atoms with Crippen LogP contribution in [0.5, 0.6) is 0 Å². The van der Waals surface area contributed by atoms with Crippen LogP contribution in [0.3, 0.4) is 0 Å². The van der Waals surface area contributed by atoms with Crippen molar-refractivity contribution in [2.75, 3.05) is 31.6 Å². The van der Waals surface area contributed by atoms with Crippen LogP contribution in [0.4, 0.5) is 0 Å². The summed E-state index contributed by atoms with van der Waals surface area (Å²) < 4.78 is 0. The molecule has 114 valence electrons. The number of likely N-dealkylation sites (tertiary alicyclic amines) is 1. The van der Waals surface area contributed by atoms with Gasteiger partial charge in [0.05, 0.1) is 5.75 Å². The Labute approximate surface area is 123 Å². The van der Waals surface area contributed by atoms with Gasteiger partial charge in [0.2, 0.25) is 11.8 Å². The zero-order valence-electron chi connectivity index (χ0n) is 12.0. The minimum Gasteiger partial charge on any atom is -0.480 e. The van der Waals surface area contributed by atoms with Crippen molar-refractivity contribution >= 4 is 29.5 Å². The van der Waals surface area contributed by atoms with E-state index in [1.807, 2.05) is 11.2 Å². The minimum absolute atomic E-state index is 0.0873. The van der Waals surface area contributed by atoms with Gasteiger partial charge in [-0.3, -0.25) is 14.4 Å². The Hall–Kier alpha value is -1.24. The van der Waals surface area contributed by atoms with Crippen molar-refractivity contribution in [2.24, 2.45) is 0 Å². The van der Waals surface area contributed by atoms with Crippen LogP contribution >= 0.6 is 11.8 Å². The number of nitrogens with zero attached hydrogens (tertiary/aromatic N) is 2. The maximum absolute atomic E-state index is 11.9. The molecule has 1 fully saturated rings. The SMILES string of the molecule is CSCC(=O)N1CCCC(N(CC(=O)O)C(C)=O)CC1. The van der Waals surface area contributed by atoms with E-state index in [0.29, 0.717) is 25.3 Å². The molecule has 1 saturated heterocycles. The Morgan fingerprint density at radius 3 is 2.55 bits per heavy atom. The molecule has 1 atom stereocenters. The molecule has 0 saturated carbocycles. The molecule has 1 N–H and O–H groups in total. The van der Waals surface area contributed by atoms with Crippen LogP contribution in [0.25, 0.3) is 0 Å².